The van der Waals surface area contributed by atoms with Crippen LogP contribution < -0.4 is 10.1 Å². The first-order valence-corrected chi connectivity index (χ1v) is 8.55. The summed E-state index contributed by atoms with van der Waals surface area (Å²) in [7, 11) is 0. The van der Waals surface area contributed by atoms with Crippen molar-refractivity contribution in [2.24, 2.45) is 0 Å². The Hall–Kier alpha value is -2.34. The molecule has 0 saturated heterocycles. The second kappa shape index (κ2) is 7.49. The van der Waals surface area contributed by atoms with Crippen molar-refractivity contribution in [3.63, 3.8) is 0 Å². The number of rotatable bonds is 6. The van der Waals surface area contributed by atoms with Gasteiger partial charge in [0.25, 0.3) is 5.91 Å². The minimum atomic E-state index is -0.173. The monoisotopic (exact) mass is 387 g/mol. The lowest BCUT2D eigenvalue weighted by Gasteiger charge is -2.07. The van der Waals surface area contributed by atoms with Crippen LogP contribution in [0.25, 0.3) is 5.65 Å². The van der Waals surface area contributed by atoms with Crippen LogP contribution in [0.1, 0.15) is 18.2 Å². The smallest absolute Gasteiger partial charge is 0.258 e. The lowest BCUT2D eigenvalue weighted by atomic mass is 10.2. The van der Waals surface area contributed by atoms with Gasteiger partial charge in [0.2, 0.25) is 0 Å². The van der Waals surface area contributed by atoms with Gasteiger partial charge in [-0.2, -0.15) is 0 Å². The van der Waals surface area contributed by atoms with E-state index < -0.39 is 0 Å². The van der Waals surface area contributed by atoms with Gasteiger partial charge in [-0.25, -0.2) is 4.98 Å². The fourth-order valence-electron chi connectivity index (χ4n) is 2.31. The molecule has 124 valence electrons. The van der Waals surface area contributed by atoms with E-state index >= 15 is 0 Å². The zero-order valence-electron chi connectivity index (χ0n) is 13.3. The molecular formula is C18H18BrN3O2. The van der Waals surface area contributed by atoms with Crippen molar-refractivity contribution in [3.05, 3.63) is 64.5 Å². The van der Waals surface area contributed by atoms with Gasteiger partial charge in [-0.15, -0.1) is 0 Å². The molecule has 5 nitrogen and oxygen atoms in total. The molecule has 6 heteroatoms. The maximum Gasteiger partial charge on any atom is 0.258 e. The molecule has 24 heavy (non-hydrogen) atoms. The first-order chi connectivity index (χ1) is 11.6. The maximum absolute atomic E-state index is 11.9. The minimum Gasteiger partial charge on any atom is -0.484 e. The molecule has 3 rings (SSSR count). The third-order valence-electron chi connectivity index (χ3n) is 3.63. The zero-order chi connectivity index (χ0) is 16.9. The number of carbonyl (C=O) groups is 1. The summed E-state index contributed by atoms with van der Waals surface area (Å²) in [5.41, 5.74) is 2.88. The fraction of sp³-hybridized carbons (Fsp3) is 0.222. The summed E-state index contributed by atoms with van der Waals surface area (Å²) >= 11 is 3.42. The number of amides is 1. The number of hydrogen-bond donors (Lipinski definition) is 1. The molecule has 0 fully saturated rings. The summed E-state index contributed by atoms with van der Waals surface area (Å²) in [6.45, 7) is 2.46. The van der Waals surface area contributed by atoms with E-state index in [2.05, 4.69) is 33.2 Å². The number of halogens is 1. The molecule has 0 saturated carbocycles. The van der Waals surface area contributed by atoms with Gasteiger partial charge in [-0.3, -0.25) is 4.79 Å². The van der Waals surface area contributed by atoms with Gasteiger partial charge in [0.05, 0.1) is 12.2 Å². The number of aromatic nitrogens is 2. The Balaban J connectivity index is 1.50. The Morgan fingerprint density at radius 1 is 1.21 bits per heavy atom. The standard InChI is InChI=1S/C18H18BrN3O2/c1-2-13-3-6-16(7-4-13)24-12-18(23)20-9-15-11-22-10-14(19)5-8-17(22)21-15/h3-8,10-11H,2,9,12H2,1H3,(H,20,23). The van der Waals surface area contributed by atoms with Crippen molar-refractivity contribution in [3.8, 4) is 5.75 Å². The molecule has 1 aromatic carbocycles. The van der Waals surface area contributed by atoms with Crippen molar-refractivity contribution in [2.75, 3.05) is 6.61 Å². The second-order valence-corrected chi connectivity index (χ2v) is 6.32. The quantitative estimate of drug-likeness (QED) is 0.705. The third-order valence-corrected chi connectivity index (χ3v) is 4.10. The Labute approximate surface area is 148 Å². The van der Waals surface area contributed by atoms with E-state index in [1.165, 1.54) is 5.56 Å². The van der Waals surface area contributed by atoms with Crippen molar-refractivity contribution < 1.29 is 9.53 Å². The number of fused-ring (bicyclic) bond motifs is 1. The van der Waals surface area contributed by atoms with Crippen LogP contribution in [0.4, 0.5) is 0 Å². The number of ether oxygens (including phenoxy) is 1. The topological polar surface area (TPSA) is 55.6 Å². The van der Waals surface area contributed by atoms with Crippen molar-refractivity contribution in [1.29, 1.82) is 0 Å². The van der Waals surface area contributed by atoms with E-state index in [1.807, 2.05) is 53.2 Å². The molecule has 0 unspecified atom stereocenters. The number of benzene rings is 1. The maximum atomic E-state index is 11.9. The van der Waals surface area contributed by atoms with Crippen LogP contribution in [-0.2, 0) is 17.8 Å². The summed E-state index contributed by atoms with van der Waals surface area (Å²) in [5, 5.41) is 2.82. The Morgan fingerprint density at radius 2 is 2.00 bits per heavy atom. The zero-order valence-corrected chi connectivity index (χ0v) is 14.9. The van der Waals surface area contributed by atoms with Crippen LogP contribution in [0.5, 0.6) is 5.75 Å². The third kappa shape index (κ3) is 4.14. The molecule has 1 N–H and O–H groups in total. The Morgan fingerprint density at radius 3 is 2.75 bits per heavy atom. The van der Waals surface area contributed by atoms with Crippen LogP contribution in [0, 0.1) is 0 Å². The van der Waals surface area contributed by atoms with Crippen LogP contribution in [0.2, 0.25) is 0 Å². The molecule has 2 aromatic heterocycles. The number of aryl methyl sites for hydroxylation is 1. The summed E-state index contributed by atoms with van der Waals surface area (Å²) < 4.78 is 8.38. The van der Waals surface area contributed by atoms with Gasteiger partial charge >= 0.3 is 0 Å². The molecular weight excluding hydrogens is 370 g/mol. The largest absolute Gasteiger partial charge is 0.484 e. The van der Waals surface area contributed by atoms with Crippen molar-refractivity contribution in [1.82, 2.24) is 14.7 Å². The number of carbonyl (C=O) groups excluding carboxylic acids is 1. The highest BCUT2D eigenvalue weighted by atomic mass is 79.9. The number of imidazole rings is 1. The van der Waals surface area contributed by atoms with Gasteiger partial charge in [0, 0.05) is 16.9 Å². The molecule has 0 aliphatic heterocycles. The van der Waals surface area contributed by atoms with Crippen LogP contribution >= 0.6 is 15.9 Å². The van der Waals surface area contributed by atoms with Gasteiger partial charge in [0.1, 0.15) is 11.4 Å². The molecule has 3 aromatic rings. The molecule has 1 amide bonds. The van der Waals surface area contributed by atoms with Gasteiger partial charge in [-0.05, 0) is 52.2 Å². The Bertz CT molecular complexity index is 843. The normalized spacial score (nSPS) is 10.8. The highest BCUT2D eigenvalue weighted by Crippen LogP contribution is 2.13. The molecule has 0 bridgehead atoms. The van der Waals surface area contributed by atoms with Crippen molar-refractivity contribution >= 4 is 27.5 Å². The number of pyridine rings is 1. The number of nitrogens with one attached hydrogen (secondary N) is 1. The average molecular weight is 388 g/mol. The minimum absolute atomic E-state index is 0.00953. The highest BCUT2D eigenvalue weighted by molar-refractivity contribution is 9.10. The predicted molar refractivity (Wildman–Crippen MR) is 96.1 cm³/mol. The van der Waals surface area contributed by atoms with E-state index in [4.69, 9.17) is 4.74 Å². The van der Waals surface area contributed by atoms with Crippen LogP contribution in [0.3, 0.4) is 0 Å². The summed E-state index contributed by atoms with van der Waals surface area (Å²) in [6, 6.07) is 11.6. The summed E-state index contributed by atoms with van der Waals surface area (Å²) in [6.07, 6.45) is 4.80. The van der Waals surface area contributed by atoms with E-state index in [-0.39, 0.29) is 12.5 Å². The van der Waals surface area contributed by atoms with Crippen LogP contribution in [-0.4, -0.2) is 21.9 Å². The first-order valence-electron chi connectivity index (χ1n) is 7.75. The molecule has 0 spiro atoms. The average Bonchev–Trinajstić information content (AvgIpc) is 3.00. The lowest BCUT2D eigenvalue weighted by molar-refractivity contribution is -0.123. The first kappa shape index (κ1) is 16.5. The lowest BCUT2D eigenvalue weighted by Crippen LogP contribution is -2.28. The Kier molecular flexibility index (Phi) is 5.15. The molecule has 0 radical (unpaired) electrons. The number of hydrogen-bond acceptors (Lipinski definition) is 3. The second-order valence-electron chi connectivity index (χ2n) is 5.41. The van der Waals surface area contributed by atoms with Gasteiger partial charge in [0.15, 0.2) is 6.61 Å². The van der Waals surface area contributed by atoms with Gasteiger partial charge < -0.3 is 14.5 Å². The predicted octanol–water partition coefficient (Wildman–Crippen LogP) is 3.35. The summed E-state index contributed by atoms with van der Waals surface area (Å²) in [5.74, 6) is 0.521. The molecule has 2 heterocycles. The number of nitrogens with zero attached hydrogens (tertiary/aromatic N) is 2. The molecule has 0 aliphatic rings. The van der Waals surface area contributed by atoms with Crippen LogP contribution in [0.15, 0.2) is 53.3 Å². The van der Waals surface area contributed by atoms with E-state index in [0.29, 0.717) is 12.3 Å². The van der Waals surface area contributed by atoms with E-state index in [9.17, 15) is 4.79 Å². The molecule has 0 aliphatic carbocycles. The fourth-order valence-corrected chi connectivity index (χ4v) is 2.67. The van der Waals surface area contributed by atoms with E-state index in [1.54, 1.807) is 0 Å². The summed E-state index contributed by atoms with van der Waals surface area (Å²) in [4.78, 5) is 16.4. The van der Waals surface area contributed by atoms with Crippen molar-refractivity contribution in [2.45, 2.75) is 19.9 Å². The highest BCUT2D eigenvalue weighted by Gasteiger charge is 2.06. The van der Waals surface area contributed by atoms with Gasteiger partial charge in [-0.1, -0.05) is 19.1 Å². The SMILES string of the molecule is CCc1ccc(OCC(=O)NCc2cn3cc(Br)ccc3n2)cc1. The van der Waals surface area contributed by atoms with E-state index in [0.717, 1.165) is 22.2 Å². The molecule has 0 atom stereocenters.